The molecule has 1 saturated heterocycles. The van der Waals surface area contributed by atoms with Crippen LogP contribution in [0.2, 0.25) is 5.02 Å². The van der Waals surface area contributed by atoms with Gasteiger partial charge in [0, 0.05) is 20.3 Å². The van der Waals surface area contributed by atoms with Crippen molar-refractivity contribution in [3.8, 4) is 0 Å². The zero-order valence-corrected chi connectivity index (χ0v) is 9.44. The Hall–Kier alpha value is -0.580. The topological polar surface area (TPSA) is 47.3 Å². The van der Waals surface area contributed by atoms with Gasteiger partial charge in [-0.3, -0.25) is 4.68 Å². The molecule has 1 fully saturated rings. The summed E-state index contributed by atoms with van der Waals surface area (Å²) >= 11 is 5.98. The van der Waals surface area contributed by atoms with Gasteiger partial charge in [-0.2, -0.15) is 5.10 Å². The van der Waals surface area contributed by atoms with Crippen LogP contribution in [0.3, 0.4) is 0 Å². The Morgan fingerprint density at radius 2 is 2.27 bits per heavy atom. The molecule has 1 aliphatic rings. The molecule has 1 aromatic heterocycles. The summed E-state index contributed by atoms with van der Waals surface area (Å²) in [5.41, 5.74) is 0.712. The molecule has 1 atom stereocenters. The van der Waals surface area contributed by atoms with Crippen molar-refractivity contribution in [2.75, 3.05) is 13.2 Å². The first-order valence-electron chi connectivity index (χ1n) is 5.13. The second-order valence-electron chi connectivity index (χ2n) is 3.90. The summed E-state index contributed by atoms with van der Waals surface area (Å²) < 4.78 is 6.90. The molecule has 0 aromatic carbocycles. The molecule has 0 amide bonds. The quantitative estimate of drug-likeness (QED) is 0.838. The smallest absolute Gasteiger partial charge is 0.100 e. The molecular formula is C10H15ClN2O2. The van der Waals surface area contributed by atoms with Gasteiger partial charge in [0.15, 0.2) is 0 Å². The lowest BCUT2D eigenvalue weighted by Gasteiger charge is -2.26. The van der Waals surface area contributed by atoms with E-state index in [0.717, 1.165) is 26.1 Å². The maximum atomic E-state index is 10.2. The highest BCUT2D eigenvalue weighted by Crippen LogP contribution is 2.33. The molecule has 1 N–H and O–H groups in total. The number of aromatic nitrogens is 2. The van der Waals surface area contributed by atoms with E-state index in [-0.39, 0.29) is 5.92 Å². The highest BCUT2D eigenvalue weighted by molar-refractivity contribution is 6.31. The summed E-state index contributed by atoms with van der Waals surface area (Å²) in [5, 5.41) is 14.8. The van der Waals surface area contributed by atoms with Crippen molar-refractivity contribution in [3.05, 3.63) is 16.9 Å². The van der Waals surface area contributed by atoms with E-state index in [4.69, 9.17) is 16.3 Å². The van der Waals surface area contributed by atoms with Gasteiger partial charge in [0.25, 0.3) is 0 Å². The summed E-state index contributed by atoms with van der Waals surface area (Å²) in [6.45, 7) is 1.44. The number of aliphatic hydroxyl groups is 1. The molecule has 0 spiro atoms. The van der Waals surface area contributed by atoms with E-state index < -0.39 is 6.10 Å². The van der Waals surface area contributed by atoms with Crippen LogP contribution in [0.25, 0.3) is 0 Å². The molecule has 0 radical (unpaired) electrons. The van der Waals surface area contributed by atoms with Gasteiger partial charge in [-0.15, -0.1) is 0 Å². The van der Waals surface area contributed by atoms with Gasteiger partial charge >= 0.3 is 0 Å². The molecule has 0 saturated carbocycles. The number of halogens is 1. The number of aryl methyl sites for hydroxylation is 1. The largest absolute Gasteiger partial charge is 0.386 e. The Morgan fingerprint density at radius 3 is 2.80 bits per heavy atom. The monoisotopic (exact) mass is 230 g/mol. The third-order valence-corrected chi connectivity index (χ3v) is 3.22. The van der Waals surface area contributed by atoms with E-state index in [1.807, 2.05) is 0 Å². The average molecular weight is 231 g/mol. The van der Waals surface area contributed by atoms with Crippen molar-refractivity contribution in [3.63, 3.8) is 0 Å². The van der Waals surface area contributed by atoms with E-state index in [0.29, 0.717) is 10.7 Å². The fraction of sp³-hybridized carbons (Fsp3) is 0.700. The van der Waals surface area contributed by atoms with Crippen LogP contribution in [-0.2, 0) is 11.8 Å². The minimum Gasteiger partial charge on any atom is -0.386 e. The third-order valence-electron chi connectivity index (χ3n) is 2.93. The molecule has 5 heteroatoms. The van der Waals surface area contributed by atoms with E-state index in [1.54, 1.807) is 17.9 Å². The molecule has 0 bridgehead atoms. The normalized spacial score (nSPS) is 20.5. The summed E-state index contributed by atoms with van der Waals surface area (Å²) in [7, 11) is 1.80. The van der Waals surface area contributed by atoms with Gasteiger partial charge in [-0.05, 0) is 18.8 Å². The molecule has 1 aliphatic heterocycles. The molecular weight excluding hydrogens is 216 g/mol. The first kappa shape index (κ1) is 10.9. The second kappa shape index (κ2) is 4.51. The van der Waals surface area contributed by atoms with E-state index in [2.05, 4.69) is 5.10 Å². The van der Waals surface area contributed by atoms with Crippen LogP contribution in [-0.4, -0.2) is 28.1 Å². The molecule has 2 rings (SSSR count). The minimum atomic E-state index is -0.533. The number of rotatable bonds is 2. The lowest BCUT2D eigenvalue weighted by atomic mass is 9.92. The fourth-order valence-corrected chi connectivity index (χ4v) is 2.29. The van der Waals surface area contributed by atoms with Gasteiger partial charge in [0.2, 0.25) is 0 Å². The summed E-state index contributed by atoms with van der Waals surface area (Å²) in [4.78, 5) is 0. The van der Waals surface area contributed by atoms with Crippen LogP contribution >= 0.6 is 11.6 Å². The van der Waals surface area contributed by atoms with Crippen molar-refractivity contribution in [1.29, 1.82) is 0 Å². The zero-order chi connectivity index (χ0) is 10.8. The van der Waals surface area contributed by atoms with Crippen molar-refractivity contribution < 1.29 is 9.84 Å². The van der Waals surface area contributed by atoms with Gasteiger partial charge in [0.1, 0.15) is 6.10 Å². The SMILES string of the molecule is Cn1ncc(Cl)c1C(O)C1CCOCC1. The van der Waals surface area contributed by atoms with E-state index >= 15 is 0 Å². The van der Waals surface area contributed by atoms with Crippen molar-refractivity contribution >= 4 is 11.6 Å². The molecule has 1 unspecified atom stereocenters. The van der Waals surface area contributed by atoms with Crippen molar-refractivity contribution in [2.24, 2.45) is 13.0 Å². The van der Waals surface area contributed by atoms with Gasteiger partial charge in [0.05, 0.1) is 16.9 Å². The predicted octanol–water partition coefficient (Wildman–Crippen LogP) is 1.53. The average Bonchev–Trinajstić information content (AvgIpc) is 2.59. The zero-order valence-electron chi connectivity index (χ0n) is 8.69. The number of nitrogens with zero attached hydrogens (tertiary/aromatic N) is 2. The molecule has 84 valence electrons. The van der Waals surface area contributed by atoms with Crippen molar-refractivity contribution in [2.45, 2.75) is 18.9 Å². The standard InChI is InChI=1S/C10H15ClN2O2/c1-13-9(8(11)6-12-13)10(14)7-2-4-15-5-3-7/h6-7,10,14H,2-5H2,1H3. The molecule has 0 aliphatic carbocycles. The van der Waals surface area contributed by atoms with Crippen LogP contribution in [0.5, 0.6) is 0 Å². The Kier molecular flexibility index (Phi) is 3.29. The van der Waals surface area contributed by atoms with Crippen molar-refractivity contribution in [1.82, 2.24) is 9.78 Å². The summed E-state index contributed by atoms with van der Waals surface area (Å²) in [6, 6.07) is 0. The lowest BCUT2D eigenvalue weighted by molar-refractivity contribution is 0.00422. The number of hydrogen-bond acceptors (Lipinski definition) is 3. The molecule has 4 nitrogen and oxygen atoms in total. The maximum Gasteiger partial charge on any atom is 0.100 e. The predicted molar refractivity (Wildman–Crippen MR) is 56.7 cm³/mol. The Balaban J connectivity index is 2.15. The molecule has 1 aromatic rings. The molecule has 15 heavy (non-hydrogen) atoms. The minimum absolute atomic E-state index is 0.228. The highest BCUT2D eigenvalue weighted by Gasteiger charge is 2.27. The maximum absolute atomic E-state index is 10.2. The Morgan fingerprint density at radius 1 is 1.60 bits per heavy atom. The number of ether oxygens (including phenoxy) is 1. The molecule has 2 heterocycles. The first-order chi connectivity index (χ1) is 7.20. The van der Waals surface area contributed by atoms with Gasteiger partial charge < -0.3 is 9.84 Å². The van der Waals surface area contributed by atoms with E-state index in [9.17, 15) is 5.11 Å². The second-order valence-corrected chi connectivity index (χ2v) is 4.30. The Bertz CT molecular complexity index is 315. The van der Waals surface area contributed by atoms with Gasteiger partial charge in [-0.1, -0.05) is 11.6 Å². The summed E-state index contributed by atoms with van der Waals surface area (Å²) in [5.74, 6) is 0.228. The van der Waals surface area contributed by atoms with Crippen LogP contribution in [0, 0.1) is 5.92 Å². The third kappa shape index (κ3) is 2.17. The lowest BCUT2D eigenvalue weighted by Crippen LogP contribution is -2.23. The first-order valence-corrected chi connectivity index (χ1v) is 5.51. The van der Waals surface area contributed by atoms with Gasteiger partial charge in [-0.25, -0.2) is 0 Å². The fourth-order valence-electron chi connectivity index (χ4n) is 2.01. The highest BCUT2D eigenvalue weighted by atomic mass is 35.5. The van der Waals surface area contributed by atoms with Crippen LogP contribution in [0.15, 0.2) is 6.20 Å². The number of aliphatic hydroxyl groups excluding tert-OH is 1. The Labute approximate surface area is 93.8 Å². The van der Waals surface area contributed by atoms with Crippen LogP contribution in [0.1, 0.15) is 24.6 Å². The van der Waals surface area contributed by atoms with Crippen LogP contribution < -0.4 is 0 Å². The van der Waals surface area contributed by atoms with E-state index in [1.165, 1.54) is 0 Å². The summed E-state index contributed by atoms with van der Waals surface area (Å²) in [6.07, 6.45) is 2.79. The number of hydrogen-bond donors (Lipinski definition) is 1. The van der Waals surface area contributed by atoms with Crippen LogP contribution in [0.4, 0.5) is 0 Å².